The van der Waals surface area contributed by atoms with Gasteiger partial charge in [0.1, 0.15) is 11.8 Å². The fourth-order valence-corrected chi connectivity index (χ4v) is 3.17. The summed E-state index contributed by atoms with van der Waals surface area (Å²) in [6.45, 7) is 9.99. The molecule has 5 heteroatoms. The Morgan fingerprint density at radius 2 is 1.69 bits per heavy atom. The van der Waals surface area contributed by atoms with Crippen molar-refractivity contribution in [2.24, 2.45) is 0 Å². The van der Waals surface area contributed by atoms with E-state index in [1.54, 1.807) is 18.9 Å². The Bertz CT molecular complexity index is 844. The lowest BCUT2D eigenvalue weighted by molar-refractivity contribution is -0.140. The number of carbonyl (C=O) groups excluding carboxylic acids is 2. The Balaban J connectivity index is 2.27. The van der Waals surface area contributed by atoms with Crippen LogP contribution in [-0.4, -0.2) is 35.9 Å². The summed E-state index contributed by atoms with van der Waals surface area (Å²) in [5, 5.41) is 2.91. The summed E-state index contributed by atoms with van der Waals surface area (Å²) in [4.78, 5) is 27.5. The maximum atomic E-state index is 13.3. The summed E-state index contributed by atoms with van der Waals surface area (Å²) in [7, 11) is 1.62. The molecule has 0 fully saturated rings. The van der Waals surface area contributed by atoms with E-state index in [0.29, 0.717) is 6.54 Å². The van der Waals surface area contributed by atoms with Crippen LogP contribution in [0.5, 0.6) is 5.75 Å². The van der Waals surface area contributed by atoms with Crippen LogP contribution in [0.1, 0.15) is 43.0 Å². The third-order valence-electron chi connectivity index (χ3n) is 4.96. The normalized spacial score (nSPS) is 11.8. The molecule has 0 bridgehead atoms. The van der Waals surface area contributed by atoms with Crippen molar-refractivity contribution in [3.8, 4) is 5.75 Å². The fourth-order valence-electron chi connectivity index (χ4n) is 3.17. The minimum atomic E-state index is -0.572. The molecule has 2 rings (SSSR count). The van der Waals surface area contributed by atoms with Gasteiger partial charge in [-0.3, -0.25) is 9.59 Å². The van der Waals surface area contributed by atoms with Crippen LogP contribution in [0.25, 0.3) is 0 Å². The number of nitrogens with zero attached hydrogens (tertiary/aromatic N) is 1. The molecule has 0 aliphatic rings. The number of ether oxygens (including phenoxy) is 1. The van der Waals surface area contributed by atoms with Crippen LogP contribution in [-0.2, 0) is 22.6 Å². The third-order valence-corrected chi connectivity index (χ3v) is 4.96. The van der Waals surface area contributed by atoms with Gasteiger partial charge >= 0.3 is 0 Å². The van der Waals surface area contributed by atoms with Crippen molar-refractivity contribution in [2.75, 3.05) is 7.11 Å². The molecule has 0 unspecified atom stereocenters. The van der Waals surface area contributed by atoms with E-state index in [1.165, 1.54) is 0 Å². The maximum absolute atomic E-state index is 13.3. The molecule has 0 saturated carbocycles. The number of carbonyl (C=O) groups is 2. The zero-order chi connectivity index (χ0) is 21.6. The predicted molar refractivity (Wildman–Crippen MR) is 116 cm³/mol. The van der Waals surface area contributed by atoms with E-state index in [0.717, 1.165) is 28.0 Å². The first-order chi connectivity index (χ1) is 13.7. The molecular weight excluding hydrogens is 364 g/mol. The molecule has 0 aliphatic carbocycles. The van der Waals surface area contributed by atoms with Gasteiger partial charge in [-0.25, -0.2) is 0 Å². The Labute approximate surface area is 174 Å². The highest BCUT2D eigenvalue weighted by Gasteiger charge is 2.26. The average molecular weight is 397 g/mol. The standard InChI is InChI=1S/C24H32N2O3/c1-16(2)25-24(28)19(5)26(15-20-9-11-22(29-6)12-10-20)23(27)14-21-13-17(3)7-8-18(21)4/h7-13,16,19H,14-15H2,1-6H3,(H,25,28)/t19-/m1/s1. The number of methoxy groups -OCH3 is 1. The average Bonchev–Trinajstić information content (AvgIpc) is 2.68. The molecule has 0 spiro atoms. The summed E-state index contributed by atoms with van der Waals surface area (Å²) in [6.07, 6.45) is 0.267. The molecule has 156 valence electrons. The lowest BCUT2D eigenvalue weighted by Gasteiger charge is -2.29. The maximum Gasteiger partial charge on any atom is 0.242 e. The predicted octanol–water partition coefficient (Wildman–Crippen LogP) is 3.80. The van der Waals surface area contributed by atoms with Crippen molar-refractivity contribution >= 4 is 11.8 Å². The zero-order valence-electron chi connectivity index (χ0n) is 18.3. The molecule has 1 N–H and O–H groups in total. The van der Waals surface area contributed by atoms with Crippen molar-refractivity contribution in [2.45, 2.75) is 59.7 Å². The molecule has 0 saturated heterocycles. The van der Waals surface area contributed by atoms with Crippen molar-refractivity contribution in [1.29, 1.82) is 0 Å². The van der Waals surface area contributed by atoms with Crippen molar-refractivity contribution in [1.82, 2.24) is 10.2 Å². The highest BCUT2D eigenvalue weighted by Crippen LogP contribution is 2.18. The minimum Gasteiger partial charge on any atom is -0.497 e. The van der Waals surface area contributed by atoms with Gasteiger partial charge in [-0.15, -0.1) is 0 Å². The van der Waals surface area contributed by atoms with Crippen LogP contribution >= 0.6 is 0 Å². The highest BCUT2D eigenvalue weighted by molar-refractivity contribution is 5.88. The van der Waals surface area contributed by atoms with Gasteiger partial charge in [0, 0.05) is 12.6 Å². The van der Waals surface area contributed by atoms with Crippen LogP contribution < -0.4 is 10.1 Å². The lowest BCUT2D eigenvalue weighted by Crippen LogP contribution is -2.49. The summed E-state index contributed by atoms with van der Waals surface area (Å²) < 4.78 is 5.21. The van der Waals surface area contributed by atoms with Crippen LogP contribution in [0.4, 0.5) is 0 Å². The molecule has 1 atom stereocenters. The van der Waals surface area contributed by atoms with Gasteiger partial charge < -0.3 is 15.0 Å². The van der Waals surface area contributed by atoms with E-state index in [2.05, 4.69) is 5.32 Å². The largest absolute Gasteiger partial charge is 0.497 e. The number of hydrogen-bond acceptors (Lipinski definition) is 3. The Hall–Kier alpha value is -2.82. The van der Waals surface area contributed by atoms with Gasteiger partial charge in [-0.05, 0) is 63.4 Å². The molecule has 0 heterocycles. The molecule has 0 aromatic heterocycles. The van der Waals surface area contributed by atoms with Crippen molar-refractivity contribution in [3.63, 3.8) is 0 Å². The monoisotopic (exact) mass is 396 g/mol. The molecule has 2 aromatic carbocycles. The Kier molecular flexibility index (Phi) is 7.82. The molecule has 2 aromatic rings. The van der Waals surface area contributed by atoms with Gasteiger partial charge in [-0.1, -0.05) is 35.9 Å². The van der Waals surface area contributed by atoms with Gasteiger partial charge in [-0.2, -0.15) is 0 Å². The second-order valence-corrected chi connectivity index (χ2v) is 7.82. The molecule has 0 aliphatic heterocycles. The minimum absolute atomic E-state index is 0.0157. The second kappa shape index (κ2) is 10.1. The first kappa shape index (κ1) is 22.5. The SMILES string of the molecule is COc1ccc(CN(C(=O)Cc2cc(C)ccc2C)[C@H](C)C(=O)NC(C)C)cc1. The van der Waals surface area contributed by atoms with E-state index in [-0.39, 0.29) is 24.3 Å². The summed E-state index contributed by atoms with van der Waals surface area (Å²) in [5.74, 6) is 0.538. The van der Waals surface area contributed by atoms with E-state index in [4.69, 9.17) is 4.74 Å². The second-order valence-electron chi connectivity index (χ2n) is 7.82. The number of amides is 2. The number of hydrogen-bond donors (Lipinski definition) is 1. The van der Waals surface area contributed by atoms with Crippen molar-refractivity contribution < 1.29 is 14.3 Å². The third kappa shape index (κ3) is 6.34. The van der Waals surface area contributed by atoms with Gasteiger partial charge in [0.2, 0.25) is 11.8 Å². The number of benzene rings is 2. The van der Waals surface area contributed by atoms with E-state index < -0.39 is 6.04 Å². The summed E-state index contributed by atoms with van der Waals surface area (Å²) in [6, 6.07) is 13.1. The number of rotatable bonds is 8. The van der Waals surface area contributed by atoms with Crippen LogP contribution in [0.2, 0.25) is 0 Å². The lowest BCUT2D eigenvalue weighted by atomic mass is 10.0. The first-order valence-corrected chi connectivity index (χ1v) is 10.00. The van der Waals surface area contributed by atoms with E-state index >= 15 is 0 Å². The first-order valence-electron chi connectivity index (χ1n) is 10.00. The zero-order valence-corrected chi connectivity index (χ0v) is 18.3. The Morgan fingerprint density at radius 1 is 1.03 bits per heavy atom. The van der Waals surface area contributed by atoms with Crippen molar-refractivity contribution in [3.05, 3.63) is 64.7 Å². The fraction of sp³-hybridized carbons (Fsp3) is 0.417. The summed E-state index contributed by atoms with van der Waals surface area (Å²) in [5.41, 5.74) is 4.13. The van der Waals surface area contributed by atoms with Crippen LogP contribution in [0, 0.1) is 13.8 Å². The molecule has 29 heavy (non-hydrogen) atoms. The molecule has 5 nitrogen and oxygen atoms in total. The van der Waals surface area contributed by atoms with E-state index in [9.17, 15) is 9.59 Å². The quantitative estimate of drug-likeness (QED) is 0.738. The van der Waals surface area contributed by atoms with Gasteiger partial charge in [0.05, 0.1) is 13.5 Å². The van der Waals surface area contributed by atoms with Gasteiger partial charge in [0.15, 0.2) is 0 Å². The molecule has 2 amide bonds. The van der Waals surface area contributed by atoms with Gasteiger partial charge in [0.25, 0.3) is 0 Å². The van der Waals surface area contributed by atoms with Crippen LogP contribution in [0.15, 0.2) is 42.5 Å². The van der Waals surface area contributed by atoms with Crippen LogP contribution in [0.3, 0.4) is 0 Å². The molecule has 0 radical (unpaired) electrons. The number of aryl methyl sites for hydroxylation is 2. The van der Waals surface area contributed by atoms with E-state index in [1.807, 2.05) is 70.2 Å². The summed E-state index contributed by atoms with van der Waals surface area (Å²) >= 11 is 0. The molecular formula is C24H32N2O3. The Morgan fingerprint density at radius 3 is 2.28 bits per heavy atom. The highest BCUT2D eigenvalue weighted by atomic mass is 16.5. The smallest absolute Gasteiger partial charge is 0.242 e. The number of nitrogens with one attached hydrogen (secondary N) is 1. The topological polar surface area (TPSA) is 58.6 Å².